The van der Waals surface area contributed by atoms with E-state index in [9.17, 15) is 4.79 Å². The number of hydrogen-bond acceptors (Lipinski definition) is 3. The van der Waals surface area contributed by atoms with Gasteiger partial charge in [0.25, 0.3) is 5.91 Å². The van der Waals surface area contributed by atoms with Crippen molar-refractivity contribution in [1.82, 2.24) is 14.8 Å². The van der Waals surface area contributed by atoms with E-state index < -0.39 is 0 Å². The molecule has 1 heterocycles. The highest BCUT2D eigenvalue weighted by Gasteiger charge is 2.08. The molecule has 0 spiro atoms. The summed E-state index contributed by atoms with van der Waals surface area (Å²) in [6, 6.07) is 13.2. The largest absolute Gasteiger partial charge is 0.322 e. The first kappa shape index (κ1) is 14.0. The summed E-state index contributed by atoms with van der Waals surface area (Å²) in [6.45, 7) is 3.98. The van der Waals surface area contributed by atoms with Crippen LogP contribution in [0.25, 0.3) is 5.69 Å². The van der Waals surface area contributed by atoms with Gasteiger partial charge < -0.3 is 5.32 Å². The van der Waals surface area contributed by atoms with Crippen LogP contribution < -0.4 is 5.32 Å². The number of aryl methyl sites for hydroxylation is 2. The Morgan fingerprint density at radius 3 is 2.55 bits per heavy atom. The van der Waals surface area contributed by atoms with Crippen molar-refractivity contribution in [1.29, 1.82) is 0 Å². The minimum atomic E-state index is -0.126. The summed E-state index contributed by atoms with van der Waals surface area (Å²) in [4.78, 5) is 16.2. The van der Waals surface area contributed by atoms with Crippen LogP contribution >= 0.6 is 0 Å². The van der Waals surface area contributed by atoms with E-state index in [1.54, 1.807) is 23.1 Å². The van der Waals surface area contributed by atoms with Crippen molar-refractivity contribution in [2.45, 2.75) is 13.8 Å². The molecule has 0 saturated carbocycles. The molecule has 5 nitrogen and oxygen atoms in total. The molecule has 0 aliphatic carbocycles. The number of rotatable bonds is 3. The molecule has 2 aromatic carbocycles. The van der Waals surface area contributed by atoms with E-state index in [1.165, 1.54) is 6.33 Å². The summed E-state index contributed by atoms with van der Waals surface area (Å²) in [5, 5.41) is 7.00. The smallest absolute Gasteiger partial charge is 0.255 e. The van der Waals surface area contributed by atoms with Gasteiger partial charge in [0.1, 0.15) is 12.7 Å². The molecule has 0 fully saturated rings. The van der Waals surface area contributed by atoms with Gasteiger partial charge in [-0.15, -0.1) is 0 Å². The quantitative estimate of drug-likeness (QED) is 0.806. The second-order valence-electron chi connectivity index (χ2n) is 5.16. The number of benzene rings is 2. The predicted octanol–water partition coefficient (Wildman–Crippen LogP) is 3.14. The number of amides is 1. The van der Waals surface area contributed by atoms with Crippen LogP contribution in [0.2, 0.25) is 0 Å². The predicted molar refractivity (Wildman–Crippen MR) is 85.2 cm³/mol. The van der Waals surface area contributed by atoms with Crippen LogP contribution in [0.15, 0.2) is 55.1 Å². The minimum absolute atomic E-state index is 0.126. The SMILES string of the molecule is Cc1ccc(C)c(NC(=O)c2ccc(-n3cncn3)cc2)c1. The number of hydrogen-bond donors (Lipinski definition) is 1. The zero-order chi connectivity index (χ0) is 15.5. The maximum atomic E-state index is 12.3. The van der Waals surface area contributed by atoms with Gasteiger partial charge in [-0.2, -0.15) is 5.10 Å². The molecule has 0 aliphatic heterocycles. The zero-order valence-corrected chi connectivity index (χ0v) is 12.4. The zero-order valence-electron chi connectivity index (χ0n) is 12.4. The summed E-state index contributed by atoms with van der Waals surface area (Å²) >= 11 is 0. The van der Waals surface area contributed by atoms with E-state index in [-0.39, 0.29) is 5.91 Å². The average Bonchev–Trinajstić information content (AvgIpc) is 3.05. The Labute approximate surface area is 128 Å². The second-order valence-corrected chi connectivity index (χ2v) is 5.16. The number of nitrogens with one attached hydrogen (secondary N) is 1. The fourth-order valence-corrected chi connectivity index (χ4v) is 2.17. The summed E-state index contributed by atoms with van der Waals surface area (Å²) in [6.07, 6.45) is 3.09. The van der Waals surface area contributed by atoms with Gasteiger partial charge in [0, 0.05) is 11.3 Å². The van der Waals surface area contributed by atoms with Crippen molar-refractivity contribution in [3.63, 3.8) is 0 Å². The Bertz CT molecular complexity index is 792. The van der Waals surface area contributed by atoms with Gasteiger partial charge in [0.05, 0.1) is 5.69 Å². The van der Waals surface area contributed by atoms with E-state index in [2.05, 4.69) is 15.4 Å². The lowest BCUT2D eigenvalue weighted by Gasteiger charge is -2.10. The number of carbonyl (C=O) groups excluding carboxylic acids is 1. The molecule has 1 aromatic heterocycles. The molecule has 22 heavy (non-hydrogen) atoms. The van der Waals surface area contributed by atoms with Gasteiger partial charge in [-0.1, -0.05) is 12.1 Å². The fourth-order valence-electron chi connectivity index (χ4n) is 2.17. The fraction of sp³-hybridized carbons (Fsp3) is 0.118. The summed E-state index contributed by atoms with van der Waals surface area (Å²) in [5.41, 5.74) is 4.46. The Hall–Kier alpha value is -2.95. The number of nitrogens with zero attached hydrogens (tertiary/aromatic N) is 3. The number of anilines is 1. The molecule has 1 N–H and O–H groups in total. The third-order valence-electron chi connectivity index (χ3n) is 3.45. The third-order valence-corrected chi connectivity index (χ3v) is 3.45. The summed E-state index contributed by atoms with van der Waals surface area (Å²) in [7, 11) is 0. The highest BCUT2D eigenvalue weighted by Crippen LogP contribution is 2.18. The van der Waals surface area contributed by atoms with Crippen LogP contribution in [0.4, 0.5) is 5.69 Å². The highest BCUT2D eigenvalue weighted by atomic mass is 16.1. The lowest BCUT2D eigenvalue weighted by Crippen LogP contribution is -2.13. The van der Waals surface area contributed by atoms with E-state index >= 15 is 0 Å². The van der Waals surface area contributed by atoms with Crippen molar-refractivity contribution in [3.8, 4) is 5.69 Å². The lowest BCUT2D eigenvalue weighted by atomic mass is 10.1. The van der Waals surface area contributed by atoms with Gasteiger partial charge in [0.15, 0.2) is 0 Å². The lowest BCUT2D eigenvalue weighted by molar-refractivity contribution is 0.102. The van der Waals surface area contributed by atoms with E-state index in [0.29, 0.717) is 5.56 Å². The van der Waals surface area contributed by atoms with Crippen LogP contribution in [0.5, 0.6) is 0 Å². The maximum Gasteiger partial charge on any atom is 0.255 e. The van der Waals surface area contributed by atoms with Gasteiger partial charge in [-0.25, -0.2) is 9.67 Å². The summed E-state index contributed by atoms with van der Waals surface area (Å²) in [5.74, 6) is -0.126. The normalized spacial score (nSPS) is 10.5. The molecule has 110 valence electrons. The first-order valence-corrected chi connectivity index (χ1v) is 6.97. The Morgan fingerprint density at radius 1 is 1.09 bits per heavy atom. The molecule has 5 heteroatoms. The number of aromatic nitrogens is 3. The molecular weight excluding hydrogens is 276 g/mol. The standard InChI is InChI=1S/C17H16N4O/c1-12-3-4-13(2)16(9-12)20-17(22)14-5-7-15(8-6-14)21-11-18-10-19-21/h3-11H,1-2H3,(H,20,22). The molecule has 0 atom stereocenters. The van der Waals surface area contributed by atoms with Gasteiger partial charge in [-0.3, -0.25) is 4.79 Å². The second kappa shape index (κ2) is 5.81. The average molecular weight is 292 g/mol. The van der Waals surface area contributed by atoms with Crippen molar-refractivity contribution < 1.29 is 4.79 Å². The van der Waals surface area contributed by atoms with Crippen LogP contribution in [-0.2, 0) is 0 Å². The van der Waals surface area contributed by atoms with Crippen LogP contribution in [0.3, 0.4) is 0 Å². The monoisotopic (exact) mass is 292 g/mol. The first-order valence-electron chi connectivity index (χ1n) is 6.97. The molecular formula is C17H16N4O. The molecule has 0 unspecified atom stereocenters. The van der Waals surface area contributed by atoms with E-state index in [4.69, 9.17) is 0 Å². The molecule has 0 radical (unpaired) electrons. The van der Waals surface area contributed by atoms with Crippen LogP contribution in [-0.4, -0.2) is 20.7 Å². The van der Waals surface area contributed by atoms with Crippen LogP contribution in [0, 0.1) is 13.8 Å². The van der Waals surface area contributed by atoms with E-state index in [0.717, 1.165) is 22.5 Å². The summed E-state index contributed by atoms with van der Waals surface area (Å²) < 4.78 is 1.65. The topological polar surface area (TPSA) is 59.8 Å². The Kier molecular flexibility index (Phi) is 3.70. The maximum absolute atomic E-state index is 12.3. The third kappa shape index (κ3) is 2.88. The molecule has 0 bridgehead atoms. The molecule has 1 amide bonds. The molecule has 0 aliphatic rings. The van der Waals surface area contributed by atoms with Crippen molar-refractivity contribution >= 4 is 11.6 Å². The van der Waals surface area contributed by atoms with E-state index in [1.807, 2.05) is 44.2 Å². The van der Waals surface area contributed by atoms with Crippen molar-refractivity contribution in [3.05, 3.63) is 71.8 Å². The Balaban J connectivity index is 1.79. The van der Waals surface area contributed by atoms with Gasteiger partial charge in [-0.05, 0) is 55.3 Å². The minimum Gasteiger partial charge on any atom is -0.322 e. The molecule has 3 aromatic rings. The first-order chi connectivity index (χ1) is 10.6. The molecule has 3 rings (SSSR count). The van der Waals surface area contributed by atoms with Gasteiger partial charge >= 0.3 is 0 Å². The van der Waals surface area contributed by atoms with Crippen molar-refractivity contribution in [2.75, 3.05) is 5.32 Å². The highest BCUT2D eigenvalue weighted by molar-refractivity contribution is 6.04. The van der Waals surface area contributed by atoms with Crippen molar-refractivity contribution in [2.24, 2.45) is 0 Å². The Morgan fingerprint density at radius 2 is 1.86 bits per heavy atom. The number of carbonyl (C=O) groups is 1. The van der Waals surface area contributed by atoms with Gasteiger partial charge in [0.2, 0.25) is 0 Å². The molecule has 0 saturated heterocycles. The van der Waals surface area contributed by atoms with Crippen LogP contribution in [0.1, 0.15) is 21.5 Å².